The highest BCUT2D eigenvalue weighted by Gasteiger charge is 2.28. The molecule has 1 aliphatic rings. The first kappa shape index (κ1) is 20.1. The maximum absolute atomic E-state index is 12.9. The van der Waals surface area contributed by atoms with Crippen LogP contribution in [-0.4, -0.2) is 82.5 Å². The second kappa shape index (κ2) is 8.60. The van der Waals surface area contributed by atoms with Gasteiger partial charge in [0.25, 0.3) is 5.91 Å². The molecule has 0 spiro atoms. The molecule has 8 heteroatoms. The summed E-state index contributed by atoms with van der Waals surface area (Å²) >= 11 is 0. The Morgan fingerprint density at radius 3 is 2.54 bits per heavy atom. The molecule has 1 amide bonds. The summed E-state index contributed by atoms with van der Waals surface area (Å²) in [6.07, 6.45) is 5.10. The first-order chi connectivity index (χ1) is 13.4. The number of carbonyl (C=O) groups is 1. The monoisotopic (exact) mass is 383 g/mol. The minimum atomic E-state index is -0.177. The van der Waals surface area contributed by atoms with Crippen LogP contribution in [0.1, 0.15) is 34.1 Å². The molecule has 2 aromatic rings. The highest BCUT2D eigenvalue weighted by Crippen LogP contribution is 2.25. The average molecular weight is 384 g/mol. The Balaban J connectivity index is 1.74. The quantitative estimate of drug-likeness (QED) is 0.745. The summed E-state index contributed by atoms with van der Waals surface area (Å²) < 4.78 is 0. The van der Waals surface area contributed by atoms with E-state index in [9.17, 15) is 4.79 Å². The van der Waals surface area contributed by atoms with E-state index in [1.54, 1.807) is 30.4 Å². The van der Waals surface area contributed by atoms with E-state index in [2.05, 4.69) is 43.8 Å². The van der Waals surface area contributed by atoms with Gasteiger partial charge in [0.05, 0.1) is 0 Å². The minimum Gasteiger partial charge on any atom is -0.355 e. The summed E-state index contributed by atoms with van der Waals surface area (Å²) in [7, 11) is 5.97. The summed E-state index contributed by atoms with van der Waals surface area (Å²) in [6, 6.07) is 2.28. The Kier molecular flexibility index (Phi) is 6.18. The summed E-state index contributed by atoms with van der Waals surface area (Å²) in [6.45, 7) is 6.34. The molecule has 0 saturated carbocycles. The molecular formula is C20H29N7O. The zero-order chi connectivity index (χ0) is 20.3. The third kappa shape index (κ3) is 4.44. The van der Waals surface area contributed by atoms with E-state index in [0.717, 1.165) is 42.4 Å². The highest BCUT2D eigenvalue weighted by molar-refractivity contribution is 5.90. The number of hydrogen-bond acceptors (Lipinski definition) is 7. The fraction of sp³-hybridized carbons (Fsp3) is 0.550. The Hall–Kier alpha value is -2.61. The molecule has 2 aromatic heterocycles. The molecule has 0 aliphatic carbocycles. The van der Waals surface area contributed by atoms with Gasteiger partial charge in [0.1, 0.15) is 11.6 Å². The summed E-state index contributed by atoms with van der Waals surface area (Å²) in [4.78, 5) is 36.6. The molecule has 8 nitrogen and oxygen atoms in total. The molecule has 28 heavy (non-hydrogen) atoms. The Labute approximate surface area is 166 Å². The summed E-state index contributed by atoms with van der Waals surface area (Å²) in [5.41, 5.74) is 1.89. The number of aryl methyl sites for hydroxylation is 1. The molecule has 3 rings (SSSR count). The number of likely N-dealkylation sites (N-methyl/N-ethyl adjacent to an activating group) is 2. The zero-order valence-corrected chi connectivity index (χ0v) is 17.4. The largest absolute Gasteiger partial charge is 0.355 e. The molecule has 3 heterocycles. The Bertz CT molecular complexity index is 825. The number of anilines is 1. The number of rotatable bonds is 6. The van der Waals surface area contributed by atoms with Gasteiger partial charge in [-0.3, -0.25) is 4.79 Å². The SMILES string of the molecule is Cc1nc(C(=O)N(C)CCc2ncccn2)nc(N2CC[C@@H](N(C)C)C2)c1C. The molecule has 1 saturated heterocycles. The van der Waals surface area contributed by atoms with Gasteiger partial charge >= 0.3 is 0 Å². The van der Waals surface area contributed by atoms with Crippen LogP contribution in [0, 0.1) is 13.8 Å². The van der Waals surface area contributed by atoms with Crippen LogP contribution in [-0.2, 0) is 6.42 Å². The van der Waals surface area contributed by atoms with E-state index in [1.165, 1.54) is 0 Å². The smallest absolute Gasteiger partial charge is 0.291 e. The Morgan fingerprint density at radius 2 is 1.89 bits per heavy atom. The molecule has 0 N–H and O–H groups in total. The predicted molar refractivity (Wildman–Crippen MR) is 109 cm³/mol. The number of nitrogens with zero attached hydrogens (tertiary/aromatic N) is 7. The van der Waals surface area contributed by atoms with Crippen molar-refractivity contribution in [2.75, 3.05) is 45.7 Å². The van der Waals surface area contributed by atoms with Crippen molar-refractivity contribution in [3.05, 3.63) is 41.4 Å². The highest BCUT2D eigenvalue weighted by atomic mass is 16.2. The first-order valence-corrected chi connectivity index (χ1v) is 9.64. The maximum Gasteiger partial charge on any atom is 0.291 e. The van der Waals surface area contributed by atoms with Crippen LogP contribution in [0.25, 0.3) is 0 Å². The van der Waals surface area contributed by atoms with Crippen LogP contribution in [0.4, 0.5) is 5.82 Å². The molecule has 0 aromatic carbocycles. The van der Waals surface area contributed by atoms with Gasteiger partial charge in [-0.25, -0.2) is 19.9 Å². The van der Waals surface area contributed by atoms with E-state index >= 15 is 0 Å². The zero-order valence-electron chi connectivity index (χ0n) is 17.4. The molecule has 0 radical (unpaired) electrons. The molecule has 0 unspecified atom stereocenters. The standard InChI is InChI=1S/C20H29N7O/c1-14-15(2)23-18(24-19(14)27-12-7-16(13-27)25(3)4)20(28)26(5)11-8-17-21-9-6-10-22-17/h6,9-10,16H,7-8,11-13H2,1-5H3/t16-/m1/s1. The van der Waals surface area contributed by atoms with Crippen molar-refractivity contribution < 1.29 is 4.79 Å². The van der Waals surface area contributed by atoms with Crippen molar-refractivity contribution in [2.24, 2.45) is 0 Å². The first-order valence-electron chi connectivity index (χ1n) is 9.64. The van der Waals surface area contributed by atoms with E-state index in [0.29, 0.717) is 19.0 Å². The van der Waals surface area contributed by atoms with Crippen molar-refractivity contribution in [1.82, 2.24) is 29.7 Å². The molecule has 1 atom stereocenters. The van der Waals surface area contributed by atoms with Gasteiger partial charge in [0.2, 0.25) is 5.82 Å². The van der Waals surface area contributed by atoms with E-state index in [1.807, 2.05) is 13.8 Å². The van der Waals surface area contributed by atoms with Crippen LogP contribution >= 0.6 is 0 Å². The van der Waals surface area contributed by atoms with Crippen molar-refractivity contribution in [2.45, 2.75) is 32.7 Å². The number of aromatic nitrogens is 4. The van der Waals surface area contributed by atoms with E-state index < -0.39 is 0 Å². The summed E-state index contributed by atoms with van der Waals surface area (Å²) in [5.74, 6) is 1.67. The predicted octanol–water partition coefficient (Wildman–Crippen LogP) is 1.34. The molecular weight excluding hydrogens is 354 g/mol. The minimum absolute atomic E-state index is 0.177. The van der Waals surface area contributed by atoms with E-state index in [-0.39, 0.29) is 11.7 Å². The van der Waals surface area contributed by atoms with Crippen molar-refractivity contribution >= 4 is 11.7 Å². The lowest BCUT2D eigenvalue weighted by molar-refractivity contribution is 0.0783. The number of hydrogen-bond donors (Lipinski definition) is 0. The molecule has 1 aliphatic heterocycles. The van der Waals surface area contributed by atoms with Crippen molar-refractivity contribution in [3.63, 3.8) is 0 Å². The third-order valence-corrected chi connectivity index (χ3v) is 5.38. The molecule has 150 valence electrons. The van der Waals surface area contributed by atoms with Crippen molar-refractivity contribution in [3.8, 4) is 0 Å². The average Bonchev–Trinajstić information content (AvgIpc) is 3.18. The second-order valence-electron chi connectivity index (χ2n) is 7.58. The van der Waals surface area contributed by atoms with Gasteiger partial charge in [-0.05, 0) is 40.4 Å². The van der Waals surface area contributed by atoms with Crippen LogP contribution in [0.15, 0.2) is 18.5 Å². The summed E-state index contributed by atoms with van der Waals surface area (Å²) in [5, 5.41) is 0. The van der Waals surface area contributed by atoms with Crippen LogP contribution in [0.2, 0.25) is 0 Å². The van der Waals surface area contributed by atoms with Gasteiger partial charge in [0, 0.05) is 62.8 Å². The van der Waals surface area contributed by atoms with Crippen molar-refractivity contribution in [1.29, 1.82) is 0 Å². The second-order valence-corrected chi connectivity index (χ2v) is 7.58. The van der Waals surface area contributed by atoms with Gasteiger partial charge in [0.15, 0.2) is 0 Å². The van der Waals surface area contributed by atoms with Gasteiger partial charge in [-0.2, -0.15) is 0 Å². The number of carbonyl (C=O) groups excluding carboxylic acids is 1. The molecule has 0 bridgehead atoms. The van der Waals surface area contributed by atoms with Gasteiger partial charge < -0.3 is 14.7 Å². The van der Waals surface area contributed by atoms with Crippen LogP contribution in [0.3, 0.4) is 0 Å². The van der Waals surface area contributed by atoms with Gasteiger partial charge in [-0.1, -0.05) is 0 Å². The third-order valence-electron chi connectivity index (χ3n) is 5.38. The lowest BCUT2D eigenvalue weighted by Gasteiger charge is -2.24. The van der Waals surface area contributed by atoms with Crippen LogP contribution in [0.5, 0.6) is 0 Å². The lowest BCUT2D eigenvalue weighted by atomic mass is 10.2. The number of amides is 1. The fourth-order valence-corrected chi connectivity index (χ4v) is 3.37. The fourth-order valence-electron chi connectivity index (χ4n) is 3.37. The van der Waals surface area contributed by atoms with Crippen LogP contribution < -0.4 is 4.90 Å². The lowest BCUT2D eigenvalue weighted by Crippen LogP contribution is -2.34. The Morgan fingerprint density at radius 1 is 1.18 bits per heavy atom. The normalized spacial score (nSPS) is 16.6. The maximum atomic E-state index is 12.9. The van der Waals surface area contributed by atoms with E-state index in [4.69, 9.17) is 0 Å². The molecule has 1 fully saturated rings. The topological polar surface area (TPSA) is 78.3 Å². The van der Waals surface area contributed by atoms with Gasteiger partial charge in [-0.15, -0.1) is 0 Å².